The van der Waals surface area contributed by atoms with Gasteiger partial charge in [0, 0.05) is 43.6 Å². The van der Waals surface area contributed by atoms with Gasteiger partial charge in [0.1, 0.15) is 11.6 Å². The Bertz CT molecular complexity index is 734. The fourth-order valence-electron chi connectivity index (χ4n) is 2.84. The van der Waals surface area contributed by atoms with Crippen LogP contribution in [0.15, 0.2) is 35.4 Å². The van der Waals surface area contributed by atoms with Crippen LogP contribution in [0, 0.1) is 11.6 Å². The molecule has 2 heterocycles. The summed E-state index contributed by atoms with van der Waals surface area (Å²) in [7, 11) is 0. The third kappa shape index (κ3) is 3.73. The molecule has 0 unspecified atom stereocenters. The normalized spacial score (nSPS) is 18.2. The summed E-state index contributed by atoms with van der Waals surface area (Å²) < 4.78 is 26.8. The van der Waals surface area contributed by atoms with Gasteiger partial charge in [0.25, 0.3) is 5.56 Å². The van der Waals surface area contributed by atoms with E-state index in [9.17, 15) is 13.6 Å². The van der Waals surface area contributed by atoms with E-state index in [4.69, 9.17) is 0 Å². The summed E-state index contributed by atoms with van der Waals surface area (Å²) in [6, 6.07) is 3.53. The molecule has 5 nitrogen and oxygen atoms in total. The van der Waals surface area contributed by atoms with Crippen LogP contribution in [0.5, 0.6) is 0 Å². The highest BCUT2D eigenvalue weighted by Gasteiger charge is 2.22. The summed E-state index contributed by atoms with van der Waals surface area (Å²) in [6.45, 7) is 1.62. The summed E-state index contributed by atoms with van der Waals surface area (Å²) in [6.07, 6.45) is 4.87. The Morgan fingerprint density at radius 1 is 1.39 bits per heavy atom. The molecule has 3 rings (SSSR count). The molecule has 0 amide bonds. The summed E-state index contributed by atoms with van der Waals surface area (Å²) >= 11 is 0. The number of anilines is 1. The monoisotopic (exact) mass is 320 g/mol. The highest BCUT2D eigenvalue weighted by molar-refractivity contribution is 5.36. The molecule has 122 valence electrons. The van der Waals surface area contributed by atoms with Crippen molar-refractivity contribution < 1.29 is 8.78 Å². The molecule has 23 heavy (non-hydrogen) atoms. The SMILES string of the molecule is O=c1[nH]ccnc1N1CCC[C@@H](NCc2cc(F)ccc2F)C1. The van der Waals surface area contributed by atoms with Crippen LogP contribution in [0.4, 0.5) is 14.6 Å². The molecule has 1 aliphatic rings. The number of halogens is 2. The number of nitrogens with zero attached hydrogens (tertiary/aromatic N) is 2. The topological polar surface area (TPSA) is 61.0 Å². The summed E-state index contributed by atoms with van der Waals surface area (Å²) in [5, 5.41) is 3.24. The maximum atomic E-state index is 13.6. The van der Waals surface area contributed by atoms with Crippen LogP contribution in [0.25, 0.3) is 0 Å². The highest BCUT2D eigenvalue weighted by Crippen LogP contribution is 2.16. The minimum absolute atomic E-state index is 0.0906. The number of nitrogens with one attached hydrogen (secondary N) is 2. The Labute approximate surface area is 132 Å². The second-order valence-electron chi connectivity index (χ2n) is 5.64. The smallest absolute Gasteiger partial charge is 0.290 e. The van der Waals surface area contributed by atoms with E-state index in [-0.39, 0.29) is 18.1 Å². The molecule has 1 atom stereocenters. The van der Waals surface area contributed by atoms with Gasteiger partial charge in [0.15, 0.2) is 5.82 Å². The van der Waals surface area contributed by atoms with Crippen LogP contribution in [-0.2, 0) is 6.54 Å². The fourth-order valence-corrected chi connectivity index (χ4v) is 2.84. The number of hydrogen-bond acceptors (Lipinski definition) is 4. The lowest BCUT2D eigenvalue weighted by atomic mass is 10.1. The summed E-state index contributed by atoms with van der Waals surface area (Å²) in [5.41, 5.74) is 0.0853. The van der Waals surface area contributed by atoms with Gasteiger partial charge in [-0.2, -0.15) is 0 Å². The predicted molar refractivity (Wildman–Crippen MR) is 83.3 cm³/mol. The van der Waals surface area contributed by atoms with Crippen LogP contribution >= 0.6 is 0 Å². The number of benzene rings is 1. The Balaban J connectivity index is 1.64. The van der Waals surface area contributed by atoms with Gasteiger partial charge >= 0.3 is 0 Å². The van der Waals surface area contributed by atoms with E-state index in [0.717, 1.165) is 31.5 Å². The van der Waals surface area contributed by atoms with Crippen molar-refractivity contribution in [3.8, 4) is 0 Å². The Morgan fingerprint density at radius 2 is 2.26 bits per heavy atom. The molecule has 1 saturated heterocycles. The number of H-pyrrole nitrogens is 1. The highest BCUT2D eigenvalue weighted by atomic mass is 19.1. The van der Waals surface area contributed by atoms with E-state index < -0.39 is 11.6 Å². The van der Waals surface area contributed by atoms with Gasteiger partial charge in [-0.05, 0) is 31.0 Å². The van der Waals surface area contributed by atoms with Gasteiger partial charge in [0.2, 0.25) is 0 Å². The molecule has 0 spiro atoms. The molecule has 1 fully saturated rings. The van der Waals surface area contributed by atoms with E-state index in [1.165, 1.54) is 12.3 Å². The molecule has 0 aliphatic carbocycles. The Morgan fingerprint density at radius 3 is 3.09 bits per heavy atom. The molecule has 0 bridgehead atoms. The van der Waals surface area contributed by atoms with Gasteiger partial charge < -0.3 is 15.2 Å². The van der Waals surface area contributed by atoms with Gasteiger partial charge in [-0.25, -0.2) is 13.8 Å². The standard InChI is InChI=1S/C16H18F2N4O/c17-12-3-4-14(18)11(8-12)9-21-13-2-1-7-22(10-13)15-16(23)20-6-5-19-15/h3-6,8,13,21H,1-2,7,9-10H2,(H,20,23)/t13-/m1/s1. The van der Waals surface area contributed by atoms with Crippen molar-refractivity contribution in [2.45, 2.75) is 25.4 Å². The molecule has 1 aromatic heterocycles. The molecule has 0 radical (unpaired) electrons. The third-order valence-corrected chi connectivity index (χ3v) is 4.00. The van der Waals surface area contributed by atoms with Crippen molar-refractivity contribution >= 4 is 5.82 Å². The first-order chi connectivity index (χ1) is 11.1. The molecule has 0 saturated carbocycles. The quantitative estimate of drug-likeness (QED) is 0.902. The van der Waals surface area contributed by atoms with Crippen molar-refractivity contribution in [3.05, 3.63) is 58.1 Å². The van der Waals surface area contributed by atoms with Gasteiger partial charge in [-0.3, -0.25) is 4.79 Å². The average molecular weight is 320 g/mol. The van der Waals surface area contributed by atoms with Crippen molar-refractivity contribution in [1.82, 2.24) is 15.3 Å². The van der Waals surface area contributed by atoms with Crippen molar-refractivity contribution in [3.63, 3.8) is 0 Å². The molecule has 1 aliphatic heterocycles. The first kappa shape index (κ1) is 15.6. The first-order valence-corrected chi connectivity index (χ1v) is 7.59. The maximum absolute atomic E-state index is 13.6. The summed E-state index contributed by atoms with van der Waals surface area (Å²) in [4.78, 5) is 20.5. The van der Waals surface area contributed by atoms with E-state index in [1.807, 2.05) is 4.90 Å². The van der Waals surface area contributed by atoms with Gasteiger partial charge in [-0.15, -0.1) is 0 Å². The first-order valence-electron chi connectivity index (χ1n) is 7.59. The number of hydrogen-bond donors (Lipinski definition) is 2. The Kier molecular flexibility index (Phi) is 4.66. The van der Waals surface area contributed by atoms with E-state index in [1.54, 1.807) is 6.20 Å². The van der Waals surface area contributed by atoms with E-state index in [2.05, 4.69) is 15.3 Å². The lowest BCUT2D eigenvalue weighted by molar-refractivity contribution is 0.415. The van der Waals surface area contributed by atoms with Crippen LogP contribution in [-0.4, -0.2) is 29.1 Å². The maximum Gasteiger partial charge on any atom is 0.290 e. The lowest BCUT2D eigenvalue weighted by Gasteiger charge is -2.33. The lowest BCUT2D eigenvalue weighted by Crippen LogP contribution is -2.47. The number of aromatic nitrogens is 2. The molecular weight excluding hydrogens is 302 g/mol. The molecule has 2 aromatic rings. The van der Waals surface area contributed by atoms with Crippen molar-refractivity contribution in [2.24, 2.45) is 0 Å². The molecular formula is C16H18F2N4O. The zero-order chi connectivity index (χ0) is 16.2. The predicted octanol–water partition coefficient (Wildman–Crippen LogP) is 1.81. The Hall–Kier alpha value is -2.28. The number of rotatable bonds is 4. The van der Waals surface area contributed by atoms with E-state index >= 15 is 0 Å². The third-order valence-electron chi connectivity index (χ3n) is 4.00. The summed E-state index contributed by atoms with van der Waals surface area (Å²) in [5.74, 6) is -0.475. The van der Waals surface area contributed by atoms with Crippen LogP contribution < -0.4 is 15.8 Å². The second kappa shape index (κ2) is 6.87. The van der Waals surface area contributed by atoms with Crippen molar-refractivity contribution in [1.29, 1.82) is 0 Å². The van der Waals surface area contributed by atoms with Gasteiger partial charge in [0.05, 0.1) is 0 Å². The molecule has 7 heteroatoms. The molecule has 2 N–H and O–H groups in total. The van der Waals surface area contributed by atoms with Crippen LogP contribution in [0.3, 0.4) is 0 Å². The van der Waals surface area contributed by atoms with Crippen molar-refractivity contribution in [2.75, 3.05) is 18.0 Å². The minimum Gasteiger partial charge on any atom is -0.350 e. The molecule has 1 aromatic carbocycles. The fraction of sp³-hybridized carbons (Fsp3) is 0.375. The average Bonchev–Trinajstić information content (AvgIpc) is 2.56. The zero-order valence-corrected chi connectivity index (χ0v) is 12.6. The zero-order valence-electron chi connectivity index (χ0n) is 12.6. The minimum atomic E-state index is -0.450. The van der Waals surface area contributed by atoms with Crippen LogP contribution in [0.2, 0.25) is 0 Å². The van der Waals surface area contributed by atoms with Gasteiger partial charge in [-0.1, -0.05) is 0 Å². The number of piperidine rings is 1. The second-order valence-corrected chi connectivity index (χ2v) is 5.64. The van der Waals surface area contributed by atoms with Crippen LogP contribution in [0.1, 0.15) is 18.4 Å². The largest absolute Gasteiger partial charge is 0.350 e. The van der Waals surface area contributed by atoms with E-state index in [0.29, 0.717) is 17.9 Å². The number of aromatic amines is 1.